The third-order valence-electron chi connectivity index (χ3n) is 4.07. The van der Waals surface area contributed by atoms with Crippen LogP contribution in [0.5, 0.6) is 0 Å². The van der Waals surface area contributed by atoms with Crippen molar-refractivity contribution in [1.82, 2.24) is 4.90 Å². The molecule has 1 fully saturated rings. The van der Waals surface area contributed by atoms with Gasteiger partial charge in [-0.3, -0.25) is 9.59 Å². The van der Waals surface area contributed by atoms with Crippen molar-refractivity contribution < 1.29 is 19.4 Å². The van der Waals surface area contributed by atoms with Crippen LogP contribution in [0.25, 0.3) is 0 Å². The Morgan fingerprint density at radius 3 is 2.53 bits per heavy atom. The second-order valence-corrected chi connectivity index (χ2v) is 5.88. The van der Waals surface area contributed by atoms with E-state index in [1.165, 1.54) is 7.11 Å². The molecular weight excluding hydrogens is 246 g/mol. The molecule has 1 saturated heterocycles. The minimum Gasteiger partial charge on any atom is -0.481 e. The predicted octanol–water partition coefficient (Wildman–Crippen LogP) is 1.90. The van der Waals surface area contributed by atoms with Crippen LogP contribution in [0, 0.1) is 5.41 Å². The second-order valence-electron chi connectivity index (χ2n) is 5.88. The molecule has 5 heteroatoms. The predicted molar refractivity (Wildman–Crippen MR) is 71.9 cm³/mol. The average Bonchev–Trinajstić information content (AvgIpc) is 2.38. The number of amides is 1. The first kappa shape index (κ1) is 16.0. The lowest BCUT2D eigenvalue weighted by Gasteiger charge is -2.42. The Hall–Kier alpha value is -1.10. The average molecular weight is 271 g/mol. The molecule has 1 amide bonds. The minimum absolute atomic E-state index is 0.128. The zero-order valence-electron chi connectivity index (χ0n) is 12.4. The summed E-state index contributed by atoms with van der Waals surface area (Å²) in [4.78, 5) is 25.6. The fourth-order valence-electron chi connectivity index (χ4n) is 2.74. The Bertz CT molecular complexity index is 349. The van der Waals surface area contributed by atoms with Gasteiger partial charge < -0.3 is 14.7 Å². The highest BCUT2D eigenvalue weighted by atomic mass is 16.5. The van der Waals surface area contributed by atoms with E-state index in [0.717, 1.165) is 12.8 Å². The molecule has 1 N–H and O–H groups in total. The number of nitrogens with zero attached hydrogens (tertiary/aromatic N) is 1. The summed E-state index contributed by atoms with van der Waals surface area (Å²) in [6.07, 6.45) is 2.80. The number of ether oxygens (including phenoxy) is 1. The summed E-state index contributed by atoms with van der Waals surface area (Å²) in [6.45, 7) is 6.31. The molecule has 110 valence electrons. The number of likely N-dealkylation sites (tertiary alicyclic amines) is 1. The van der Waals surface area contributed by atoms with Crippen molar-refractivity contribution in [3.8, 4) is 0 Å². The van der Waals surface area contributed by atoms with E-state index in [4.69, 9.17) is 4.74 Å². The molecule has 1 rings (SSSR count). The summed E-state index contributed by atoms with van der Waals surface area (Å²) in [5.74, 6) is -0.918. The van der Waals surface area contributed by atoms with E-state index in [1.807, 2.05) is 6.92 Å². The molecule has 19 heavy (non-hydrogen) atoms. The number of carbonyl (C=O) groups excluding carboxylic acids is 1. The summed E-state index contributed by atoms with van der Waals surface area (Å²) >= 11 is 0. The first-order chi connectivity index (χ1) is 8.79. The Balaban J connectivity index is 2.89. The summed E-state index contributed by atoms with van der Waals surface area (Å²) in [6, 6.07) is 0. The van der Waals surface area contributed by atoms with Crippen molar-refractivity contribution >= 4 is 11.9 Å². The fourth-order valence-corrected chi connectivity index (χ4v) is 2.74. The summed E-state index contributed by atoms with van der Waals surface area (Å²) < 4.78 is 5.20. The van der Waals surface area contributed by atoms with Gasteiger partial charge in [0.25, 0.3) is 5.91 Å². The maximum Gasteiger partial charge on any atom is 0.311 e. The Kier molecular flexibility index (Phi) is 4.96. The SMILES string of the molecule is CCCC1(C(=O)O)CCCN(C(=O)C(C)(C)OC)C1. The van der Waals surface area contributed by atoms with Crippen molar-refractivity contribution in [2.24, 2.45) is 5.41 Å². The van der Waals surface area contributed by atoms with Gasteiger partial charge in [-0.2, -0.15) is 0 Å². The molecule has 0 spiro atoms. The lowest BCUT2D eigenvalue weighted by Crippen LogP contribution is -2.55. The normalized spacial score (nSPS) is 24.3. The van der Waals surface area contributed by atoms with Gasteiger partial charge in [0.2, 0.25) is 0 Å². The van der Waals surface area contributed by atoms with Crippen molar-refractivity contribution in [2.45, 2.75) is 52.1 Å². The number of piperidine rings is 1. The van der Waals surface area contributed by atoms with Gasteiger partial charge in [-0.25, -0.2) is 0 Å². The molecule has 1 atom stereocenters. The number of hydrogen-bond acceptors (Lipinski definition) is 3. The Labute approximate surface area is 114 Å². The van der Waals surface area contributed by atoms with E-state index < -0.39 is 17.0 Å². The third kappa shape index (κ3) is 3.26. The minimum atomic E-state index is -0.895. The van der Waals surface area contributed by atoms with E-state index in [2.05, 4.69) is 0 Å². The summed E-state index contributed by atoms with van der Waals surface area (Å²) in [7, 11) is 1.50. The highest BCUT2D eigenvalue weighted by molar-refractivity contribution is 5.85. The number of aliphatic carboxylic acids is 1. The van der Waals surface area contributed by atoms with Crippen LogP contribution in [-0.4, -0.2) is 47.7 Å². The molecule has 1 heterocycles. The van der Waals surface area contributed by atoms with Crippen molar-refractivity contribution in [1.29, 1.82) is 0 Å². The maximum absolute atomic E-state index is 12.4. The van der Waals surface area contributed by atoms with Gasteiger partial charge in [0.15, 0.2) is 0 Å². The molecule has 1 aliphatic heterocycles. The molecule has 1 aliphatic rings. The van der Waals surface area contributed by atoms with Crippen molar-refractivity contribution in [3.63, 3.8) is 0 Å². The van der Waals surface area contributed by atoms with Crippen molar-refractivity contribution in [3.05, 3.63) is 0 Å². The van der Waals surface area contributed by atoms with E-state index in [9.17, 15) is 14.7 Å². The molecule has 0 aromatic rings. The van der Waals surface area contributed by atoms with Crippen LogP contribution in [0.2, 0.25) is 0 Å². The smallest absolute Gasteiger partial charge is 0.311 e. The van der Waals surface area contributed by atoms with Gasteiger partial charge in [0.1, 0.15) is 5.60 Å². The number of carbonyl (C=O) groups is 2. The topological polar surface area (TPSA) is 66.8 Å². The highest BCUT2D eigenvalue weighted by Gasteiger charge is 2.45. The monoisotopic (exact) mass is 271 g/mol. The molecule has 0 aromatic carbocycles. The van der Waals surface area contributed by atoms with Gasteiger partial charge in [-0.05, 0) is 33.1 Å². The van der Waals surface area contributed by atoms with Gasteiger partial charge in [-0.15, -0.1) is 0 Å². The number of carboxylic acid groups (broad SMARTS) is 1. The molecule has 0 aromatic heterocycles. The van der Waals surface area contributed by atoms with E-state index in [-0.39, 0.29) is 5.91 Å². The van der Waals surface area contributed by atoms with Crippen LogP contribution in [0.15, 0.2) is 0 Å². The summed E-state index contributed by atoms with van der Waals surface area (Å²) in [5, 5.41) is 9.51. The van der Waals surface area contributed by atoms with Gasteiger partial charge in [0, 0.05) is 20.2 Å². The van der Waals surface area contributed by atoms with Crippen LogP contribution < -0.4 is 0 Å². The number of carboxylic acids is 1. The van der Waals surface area contributed by atoms with Gasteiger partial charge in [-0.1, -0.05) is 13.3 Å². The van der Waals surface area contributed by atoms with Crippen LogP contribution in [0.4, 0.5) is 0 Å². The fraction of sp³-hybridized carbons (Fsp3) is 0.857. The third-order valence-corrected chi connectivity index (χ3v) is 4.07. The van der Waals surface area contributed by atoms with Gasteiger partial charge >= 0.3 is 5.97 Å². The number of hydrogen-bond donors (Lipinski definition) is 1. The van der Waals surface area contributed by atoms with E-state index in [1.54, 1.807) is 18.7 Å². The van der Waals surface area contributed by atoms with Crippen LogP contribution >= 0.6 is 0 Å². The number of methoxy groups -OCH3 is 1. The van der Waals surface area contributed by atoms with Crippen LogP contribution in [0.1, 0.15) is 46.5 Å². The standard InChI is InChI=1S/C14H25NO4/c1-5-7-14(12(17)18)8-6-9-15(10-14)11(16)13(2,3)19-4/h5-10H2,1-4H3,(H,17,18). The van der Waals surface area contributed by atoms with E-state index >= 15 is 0 Å². The Morgan fingerprint density at radius 1 is 1.42 bits per heavy atom. The Morgan fingerprint density at radius 2 is 2.05 bits per heavy atom. The van der Waals surface area contributed by atoms with Gasteiger partial charge in [0.05, 0.1) is 5.41 Å². The largest absolute Gasteiger partial charge is 0.481 e. The molecule has 0 aliphatic carbocycles. The van der Waals surface area contributed by atoms with Crippen LogP contribution in [-0.2, 0) is 14.3 Å². The lowest BCUT2D eigenvalue weighted by molar-refractivity contribution is -0.162. The molecule has 0 saturated carbocycles. The molecule has 5 nitrogen and oxygen atoms in total. The molecule has 1 unspecified atom stereocenters. The first-order valence-electron chi connectivity index (χ1n) is 6.87. The van der Waals surface area contributed by atoms with Crippen LogP contribution in [0.3, 0.4) is 0 Å². The lowest BCUT2D eigenvalue weighted by atomic mass is 9.76. The molecule has 0 bridgehead atoms. The number of rotatable bonds is 5. The highest BCUT2D eigenvalue weighted by Crippen LogP contribution is 2.36. The van der Waals surface area contributed by atoms with Crippen molar-refractivity contribution in [2.75, 3.05) is 20.2 Å². The molecule has 0 radical (unpaired) electrons. The molecular formula is C14H25NO4. The maximum atomic E-state index is 12.4. The van der Waals surface area contributed by atoms with E-state index in [0.29, 0.717) is 25.9 Å². The quantitative estimate of drug-likeness (QED) is 0.829. The first-order valence-corrected chi connectivity index (χ1v) is 6.87. The second kappa shape index (κ2) is 5.90. The summed E-state index contributed by atoms with van der Waals surface area (Å²) in [5.41, 5.74) is -1.68. The zero-order chi connectivity index (χ0) is 14.7. The zero-order valence-corrected chi connectivity index (χ0v) is 12.4.